The molecule has 15 heavy (non-hydrogen) atoms. The molecule has 0 spiro atoms. The molecule has 0 radical (unpaired) electrons. The highest BCUT2D eigenvalue weighted by atomic mass is 79.9. The van der Waals surface area contributed by atoms with Gasteiger partial charge in [-0.3, -0.25) is 0 Å². The van der Waals surface area contributed by atoms with E-state index in [-0.39, 0.29) is 0 Å². The van der Waals surface area contributed by atoms with E-state index in [2.05, 4.69) is 37.1 Å². The average molecular weight is 290 g/mol. The fraction of sp³-hybridized carbons (Fsp3) is 0.800. The number of hydrogen-bond acceptors (Lipinski definition) is 4. The Morgan fingerprint density at radius 1 is 1.60 bits per heavy atom. The summed E-state index contributed by atoms with van der Waals surface area (Å²) in [6, 6.07) is 0. The van der Waals surface area contributed by atoms with Gasteiger partial charge >= 0.3 is 0 Å². The molecule has 1 fully saturated rings. The summed E-state index contributed by atoms with van der Waals surface area (Å²) in [7, 11) is 0. The van der Waals surface area contributed by atoms with E-state index >= 15 is 0 Å². The van der Waals surface area contributed by atoms with Crippen molar-refractivity contribution < 1.29 is 0 Å². The first-order chi connectivity index (χ1) is 7.33. The smallest absolute Gasteiger partial charge is 0.205 e. The van der Waals surface area contributed by atoms with Crippen LogP contribution in [0.15, 0.2) is 0 Å². The molecule has 0 N–H and O–H groups in total. The van der Waals surface area contributed by atoms with Gasteiger partial charge in [-0.2, -0.15) is 4.37 Å². The Morgan fingerprint density at radius 3 is 3.13 bits per heavy atom. The molecule has 2 rings (SSSR count). The molecule has 0 bridgehead atoms. The van der Waals surface area contributed by atoms with Gasteiger partial charge in [0.2, 0.25) is 5.13 Å². The lowest BCUT2D eigenvalue weighted by Gasteiger charge is -2.13. The van der Waals surface area contributed by atoms with E-state index in [1.165, 1.54) is 12.8 Å². The normalized spacial score (nSPS) is 21.2. The highest BCUT2D eigenvalue weighted by molar-refractivity contribution is 9.09. The van der Waals surface area contributed by atoms with E-state index in [0.717, 1.165) is 41.7 Å². The number of nitrogens with zero attached hydrogens (tertiary/aromatic N) is 3. The van der Waals surface area contributed by atoms with Crippen molar-refractivity contribution in [2.45, 2.75) is 26.2 Å². The maximum Gasteiger partial charge on any atom is 0.205 e. The third-order valence-corrected chi connectivity index (χ3v) is 4.12. The van der Waals surface area contributed by atoms with Gasteiger partial charge in [-0.05, 0) is 18.8 Å². The number of halogens is 1. The van der Waals surface area contributed by atoms with E-state index in [4.69, 9.17) is 0 Å². The van der Waals surface area contributed by atoms with E-state index in [1.54, 1.807) is 11.5 Å². The second kappa shape index (κ2) is 5.25. The van der Waals surface area contributed by atoms with Crippen LogP contribution in [0.2, 0.25) is 0 Å². The van der Waals surface area contributed by atoms with Gasteiger partial charge in [0, 0.05) is 36.4 Å². The Kier molecular flexibility index (Phi) is 3.97. The van der Waals surface area contributed by atoms with Crippen molar-refractivity contribution in [3.05, 3.63) is 5.82 Å². The van der Waals surface area contributed by atoms with Crippen molar-refractivity contribution in [1.29, 1.82) is 0 Å². The lowest BCUT2D eigenvalue weighted by Crippen LogP contribution is -2.19. The van der Waals surface area contributed by atoms with Gasteiger partial charge in [0.05, 0.1) is 0 Å². The van der Waals surface area contributed by atoms with Crippen molar-refractivity contribution in [2.24, 2.45) is 5.92 Å². The van der Waals surface area contributed by atoms with E-state index in [0.29, 0.717) is 0 Å². The van der Waals surface area contributed by atoms with Gasteiger partial charge in [0.1, 0.15) is 5.82 Å². The van der Waals surface area contributed by atoms with Gasteiger partial charge in [-0.1, -0.05) is 22.9 Å². The topological polar surface area (TPSA) is 29.0 Å². The maximum absolute atomic E-state index is 4.53. The molecule has 0 aromatic carbocycles. The molecule has 3 nitrogen and oxygen atoms in total. The zero-order chi connectivity index (χ0) is 10.7. The van der Waals surface area contributed by atoms with Crippen molar-refractivity contribution in [3.63, 3.8) is 0 Å². The average Bonchev–Trinajstić information content (AvgIpc) is 2.85. The minimum absolute atomic E-state index is 0.832. The minimum atomic E-state index is 0.832. The molecule has 2 heterocycles. The first-order valence-corrected chi connectivity index (χ1v) is 7.36. The summed E-state index contributed by atoms with van der Waals surface area (Å²) in [6.07, 6.45) is 3.51. The van der Waals surface area contributed by atoms with Crippen molar-refractivity contribution in [3.8, 4) is 0 Å². The summed E-state index contributed by atoms with van der Waals surface area (Å²) in [6.45, 7) is 4.41. The standard InChI is InChI=1S/C10H16BrN3S/c1-2-9-12-10(15-13-9)14-6-4-8(7-14)3-5-11/h8H,2-7H2,1H3. The Bertz CT molecular complexity index is 315. The molecular formula is C10H16BrN3S. The van der Waals surface area contributed by atoms with E-state index < -0.39 is 0 Å². The zero-order valence-electron chi connectivity index (χ0n) is 8.95. The first-order valence-electron chi connectivity index (χ1n) is 5.47. The number of aryl methyl sites for hydroxylation is 1. The molecule has 84 valence electrons. The monoisotopic (exact) mass is 289 g/mol. The summed E-state index contributed by atoms with van der Waals surface area (Å²) in [5, 5.41) is 2.23. The Hall–Kier alpha value is -0.160. The van der Waals surface area contributed by atoms with Gasteiger partial charge in [-0.25, -0.2) is 4.98 Å². The lowest BCUT2D eigenvalue weighted by atomic mass is 10.1. The molecule has 1 aliphatic rings. The van der Waals surface area contributed by atoms with Crippen LogP contribution in [-0.4, -0.2) is 27.8 Å². The quantitative estimate of drug-likeness (QED) is 0.798. The number of rotatable bonds is 4. The fourth-order valence-corrected chi connectivity index (χ4v) is 3.35. The predicted molar refractivity (Wildman–Crippen MR) is 68.0 cm³/mol. The number of aromatic nitrogens is 2. The van der Waals surface area contributed by atoms with Gasteiger partial charge in [-0.15, -0.1) is 0 Å². The Balaban J connectivity index is 1.95. The molecule has 1 aromatic heterocycles. The molecule has 0 aliphatic carbocycles. The number of hydrogen-bond donors (Lipinski definition) is 0. The number of anilines is 1. The molecule has 1 aromatic rings. The maximum atomic E-state index is 4.53. The lowest BCUT2D eigenvalue weighted by molar-refractivity contribution is 0.576. The van der Waals surface area contributed by atoms with Crippen LogP contribution in [0.25, 0.3) is 0 Å². The van der Waals surface area contributed by atoms with Crippen LogP contribution >= 0.6 is 27.5 Å². The summed E-state index contributed by atoms with van der Waals surface area (Å²) in [4.78, 5) is 6.91. The molecule has 0 saturated carbocycles. The fourth-order valence-electron chi connectivity index (χ4n) is 1.91. The van der Waals surface area contributed by atoms with E-state index in [1.807, 2.05) is 0 Å². The Morgan fingerprint density at radius 2 is 2.47 bits per heavy atom. The van der Waals surface area contributed by atoms with Crippen LogP contribution in [0.5, 0.6) is 0 Å². The third kappa shape index (κ3) is 2.69. The summed E-state index contributed by atoms with van der Waals surface area (Å²) >= 11 is 5.05. The summed E-state index contributed by atoms with van der Waals surface area (Å²) in [5.41, 5.74) is 0. The summed E-state index contributed by atoms with van der Waals surface area (Å²) < 4.78 is 4.33. The Labute approximate surface area is 103 Å². The van der Waals surface area contributed by atoms with Gasteiger partial charge in [0.25, 0.3) is 0 Å². The zero-order valence-corrected chi connectivity index (χ0v) is 11.4. The molecule has 1 unspecified atom stereocenters. The van der Waals surface area contributed by atoms with Crippen molar-refractivity contribution >= 4 is 32.6 Å². The van der Waals surface area contributed by atoms with Crippen molar-refractivity contribution in [1.82, 2.24) is 9.36 Å². The van der Waals surface area contributed by atoms with Crippen LogP contribution in [0.4, 0.5) is 5.13 Å². The largest absolute Gasteiger partial charge is 0.347 e. The molecular weight excluding hydrogens is 274 g/mol. The third-order valence-electron chi connectivity index (χ3n) is 2.85. The SMILES string of the molecule is CCc1nsc(N2CCC(CCBr)C2)n1. The minimum Gasteiger partial charge on any atom is -0.347 e. The predicted octanol–water partition coefficient (Wildman–Crippen LogP) is 2.71. The van der Waals surface area contributed by atoms with E-state index in [9.17, 15) is 0 Å². The number of alkyl halides is 1. The highest BCUT2D eigenvalue weighted by Crippen LogP contribution is 2.27. The van der Waals surface area contributed by atoms with Gasteiger partial charge in [0.15, 0.2) is 0 Å². The molecule has 1 atom stereocenters. The van der Waals surface area contributed by atoms with Crippen LogP contribution in [0.3, 0.4) is 0 Å². The van der Waals surface area contributed by atoms with Crippen LogP contribution < -0.4 is 4.90 Å². The highest BCUT2D eigenvalue weighted by Gasteiger charge is 2.24. The second-order valence-electron chi connectivity index (χ2n) is 3.93. The van der Waals surface area contributed by atoms with Crippen LogP contribution in [0, 0.1) is 5.92 Å². The molecule has 1 aliphatic heterocycles. The molecule has 0 amide bonds. The van der Waals surface area contributed by atoms with Crippen molar-refractivity contribution in [2.75, 3.05) is 23.3 Å². The summed E-state index contributed by atoms with van der Waals surface area (Å²) in [5.74, 6) is 1.82. The van der Waals surface area contributed by atoms with Gasteiger partial charge < -0.3 is 4.90 Å². The van der Waals surface area contributed by atoms with Crippen LogP contribution in [-0.2, 0) is 6.42 Å². The molecule has 5 heteroatoms. The van der Waals surface area contributed by atoms with Crippen LogP contribution in [0.1, 0.15) is 25.6 Å². The first kappa shape index (κ1) is 11.3. The molecule has 1 saturated heterocycles. The second-order valence-corrected chi connectivity index (χ2v) is 5.45.